The molecule has 0 saturated heterocycles. The van der Waals surface area contributed by atoms with Crippen LogP contribution < -0.4 is 9.47 Å². The Balaban J connectivity index is 0.654. The zero-order valence-corrected chi connectivity index (χ0v) is 45.5. The van der Waals surface area contributed by atoms with E-state index in [-0.39, 0.29) is 0 Å². The van der Waals surface area contributed by atoms with Crippen LogP contribution in [0, 0.1) is 0 Å². The molecule has 0 aliphatic carbocycles. The number of hydrogen-bond donors (Lipinski definition) is 0. The van der Waals surface area contributed by atoms with E-state index in [0.717, 1.165) is 78.3 Å². The van der Waals surface area contributed by atoms with Crippen molar-refractivity contribution in [2.45, 2.75) is 0 Å². The molecule has 16 aromatic rings. The molecule has 0 amide bonds. The molecule has 0 radical (unpaired) electrons. The second-order valence-corrected chi connectivity index (χ2v) is 22.6. The van der Waals surface area contributed by atoms with E-state index in [0.29, 0.717) is 0 Å². The van der Waals surface area contributed by atoms with Crippen LogP contribution >= 0.6 is 0 Å². The van der Waals surface area contributed by atoms with Gasteiger partial charge in [0.25, 0.3) is 0 Å². The molecule has 2 aliphatic rings. The fraction of sp³-hybridized carbons (Fsp3) is 0. The molecule has 0 atom stereocenters. The Morgan fingerprint density at radius 2 is 0.440 bits per heavy atom. The number of ether oxygens (including phenoxy) is 2. The molecule has 2 heterocycles. The smallest absolute Gasteiger partial charge is 0.136 e. The Bertz CT molecular complexity index is 5020. The quantitative estimate of drug-likeness (QED) is 0.155. The van der Waals surface area contributed by atoms with Crippen LogP contribution in [0.4, 0.5) is 0 Å². The molecular weight excluding hydrogens is 1020 g/mol. The highest BCUT2D eigenvalue weighted by molar-refractivity contribution is 6.23. The van der Waals surface area contributed by atoms with Gasteiger partial charge in [0, 0.05) is 21.9 Å². The molecule has 16 aromatic carbocycles. The first kappa shape index (κ1) is 46.7. The van der Waals surface area contributed by atoms with E-state index in [2.05, 4.69) is 291 Å². The molecule has 2 heteroatoms. The van der Waals surface area contributed by atoms with Crippen LogP contribution in [0.25, 0.3) is 164 Å². The third-order valence-electron chi connectivity index (χ3n) is 18.0. The molecule has 2 nitrogen and oxygen atoms in total. The van der Waals surface area contributed by atoms with Crippen molar-refractivity contribution in [1.29, 1.82) is 0 Å². The van der Waals surface area contributed by atoms with E-state index < -0.39 is 0 Å². The molecule has 18 rings (SSSR count). The fourth-order valence-corrected chi connectivity index (χ4v) is 14.2. The minimum absolute atomic E-state index is 0.837. The predicted octanol–water partition coefficient (Wildman–Crippen LogP) is 23.3. The van der Waals surface area contributed by atoms with Gasteiger partial charge in [-0.2, -0.15) is 0 Å². The van der Waals surface area contributed by atoms with E-state index in [9.17, 15) is 0 Å². The lowest BCUT2D eigenvalue weighted by Crippen LogP contribution is -2.02. The summed E-state index contributed by atoms with van der Waals surface area (Å²) in [7, 11) is 0. The molecule has 84 heavy (non-hydrogen) atoms. The topological polar surface area (TPSA) is 18.5 Å². The largest absolute Gasteiger partial charge is 0.456 e. The lowest BCUT2D eigenvalue weighted by molar-refractivity contribution is 0.475. The van der Waals surface area contributed by atoms with Crippen LogP contribution in [0.5, 0.6) is 23.0 Å². The molecular formula is C82H48O2. The Hall–Kier alpha value is -11.1. The van der Waals surface area contributed by atoms with Gasteiger partial charge in [0.15, 0.2) is 0 Å². The van der Waals surface area contributed by atoms with Crippen molar-refractivity contribution < 1.29 is 9.47 Å². The maximum absolute atomic E-state index is 6.89. The first-order valence-electron chi connectivity index (χ1n) is 28.9. The van der Waals surface area contributed by atoms with Gasteiger partial charge in [-0.25, -0.2) is 0 Å². The normalized spacial score (nSPS) is 12.2. The molecule has 0 fully saturated rings. The Morgan fingerprint density at radius 1 is 0.167 bits per heavy atom. The highest BCUT2D eigenvalue weighted by atomic mass is 16.5. The van der Waals surface area contributed by atoms with E-state index >= 15 is 0 Å². The maximum atomic E-state index is 6.89. The summed E-state index contributed by atoms with van der Waals surface area (Å²) in [5, 5.41) is 17.1. The van der Waals surface area contributed by atoms with Crippen molar-refractivity contribution in [1.82, 2.24) is 0 Å². The average Bonchev–Trinajstić information content (AvgIpc) is 1.89. The standard InChI is InChI=1S/C82H48O2/c1-3-15-55-45-59(35-29-49(55)13-1)79-67-21-9-5-17-63(67)77(64-18-6-10-22-68(64)79)53-31-25-51(26-32-53)57-37-39-61-71-41-42-72-62-40-38-58(48-76(62)84-74-44-43-73(81(71)82(72)74)83-75(61)47-57)52-27-33-54(34-28-52)78-65-19-7-11-23-69(65)80(70-24-12-8-20-66(70)78)60-36-30-50-14-2-4-16-56(50)46-60/h1-48H. The fourth-order valence-electron chi connectivity index (χ4n) is 14.2. The highest BCUT2D eigenvalue weighted by Gasteiger charge is 2.29. The first-order valence-corrected chi connectivity index (χ1v) is 28.9. The van der Waals surface area contributed by atoms with E-state index in [1.807, 2.05) is 0 Å². The predicted molar refractivity (Wildman–Crippen MR) is 353 cm³/mol. The Morgan fingerprint density at radius 3 is 0.798 bits per heavy atom. The second kappa shape index (κ2) is 18.2. The van der Waals surface area contributed by atoms with Crippen LogP contribution in [0.3, 0.4) is 0 Å². The number of hydrogen-bond acceptors (Lipinski definition) is 2. The van der Waals surface area contributed by atoms with E-state index in [1.165, 1.54) is 109 Å². The van der Waals surface area contributed by atoms with Gasteiger partial charge in [-0.15, -0.1) is 0 Å². The third-order valence-corrected chi connectivity index (χ3v) is 18.0. The molecule has 0 aromatic heterocycles. The molecule has 0 N–H and O–H groups in total. The second-order valence-electron chi connectivity index (χ2n) is 22.6. The number of rotatable bonds is 6. The summed E-state index contributed by atoms with van der Waals surface area (Å²) in [5.74, 6) is 3.37. The van der Waals surface area contributed by atoms with Crippen LogP contribution in [0.15, 0.2) is 291 Å². The third kappa shape index (κ3) is 7.11. The van der Waals surface area contributed by atoms with Gasteiger partial charge in [0.2, 0.25) is 0 Å². The zero-order chi connectivity index (χ0) is 55.0. The molecule has 388 valence electrons. The van der Waals surface area contributed by atoms with Gasteiger partial charge in [-0.05, 0) is 191 Å². The van der Waals surface area contributed by atoms with Crippen molar-refractivity contribution in [3.63, 3.8) is 0 Å². The van der Waals surface area contributed by atoms with Crippen LogP contribution in [0.1, 0.15) is 0 Å². The minimum Gasteiger partial charge on any atom is -0.456 e. The zero-order valence-electron chi connectivity index (χ0n) is 45.5. The van der Waals surface area contributed by atoms with E-state index in [1.54, 1.807) is 0 Å². The van der Waals surface area contributed by atoms with Crippen molar-refractivity contribution in [2.75, 3.05) is 0 Å². The first-order chi connectivity index (χ1) is 41.6. The summed E-state index contributed by atoms with van der Waals surface area (Å²) in [4.78, 5) is 0. The lowest BCUT2D eigenvalue weighted by Gasteiger charge is -2.27. The minimum atomic E-state index is 0.837. The molecule has 0 bridgehead atoms. The monoisotopic (exact) mass is 1060 g/mol. The van der Waals surface area contributed by atoms with Crippen molar-refractivity contribution in [3.05, 3.63) is 291 Å². The van der Waals surface area contributed by atoms with Gasteiger partial charge >= 0.3 is 0 Å². The van der Waals surface area contributed by atoms with Crippen LogP contribution in [0.2, 0.25) is 0 Å². The Kier molecular flexibility index (Phi) is 10.1. The number of fused-ring (bicyclic) bond motifs is 10. The molecule has 0 spiro atoms. The van der Waals surface area contributed by atoms with Crippen LogP contribution in [-0.4, -0.2) is 0 Å². The highest BCUT2D eigenvalue weighted by Crippen LogP contribution is 2.56. The van der Waals surface area contributed by atoms with Crippen molar-refractivity contribution >= 4 is 75.4 Å². The Labute approximate surface area is 485 Å². The van der Waals surface area contributed by atoms with Crippen LogP contribution in [-0.2, 0) is 0 Å². The van der Waals surface area contributed by atoms with Gasteiger partial charge in [0.05, 0.1) is 0 Å². The maximum Gasteiger partial charge on any atom is 0.136 e. The summed E-state index contributed by atoms with van der Waals surface area (Å²) in [6.45, 7) is 0. The molecule has 2 aliphatic heterocycles. The van der Waals surface area contributed by atoms with Gasteiger partial charge in [0.1, 0.15) is 23.0 Å². The van der Waals surface area contributed by atoms with Crippen molar-refractivity contribution in [2.24, 2.45) is 0 Å². The van der Waals surface area contributed by atoms with Crippen molar-refractivity contribution in [3.8, 4) is 112 Å². The van der Waals surface area contributed by atoms with Gasteiger partial charge < -0.3 is 9.47 Å². The summed E-state index contributed by atoms with van der Waals surface area (Å²) in [6, 6.07) is 107. The van der Waals surface area contributed by atoms with Gasteiger partial charge in [-0.3, -0.25) is 0 Å². The summed E-state index contributed by atoms with van der Waals surface area (Å²) < 4.78 is 13.8. The van der Waals surface area contributed by atoms with E-state index in [4.69, 9.17) is 9.47 Å². The molecule has 0 saturated carbocycles. The summed E-state index contributed by atoms with van der Waals surface area (Å²) in [5.41, 5.74) is 18.8. The van der Waals surface area contributed by atoms with Gasteiger partial charge in [-0.1, -0.05) is 243 Å². The summed E-state index contributed by atoms with van der Waals surface area (Å²) >= 11 is 0. The lowest BCUT2D eigenvalue weighted by atomic mass is 9.85. The molecule has 0 unspecified atom stereocenters. The summed E-state index contributed by atoms with van der Waals surface area (Å²) in [6.07, 6.45) is 0. The number of benzene rings is 16. The SMILES string of the molecule is c1ccc2cc(-c3c4ccccc4c(-c4ccc(-c5ccc6c(c5)Oc5ccc7c8c(ccc-6c58)-c5ccc(-c6ccc(-c8c9ccccc9c(-c9ccc%10ccccc%10c9)c9ccccc89)cc6)cc5O7)cc4)c4ccccc34)ccc2c1. The average molecular weight is 1070 g/mol.